The van der Waals surface area contributed by atoms with E-state index < -0.39 is 37.7 Å². The Labute approximate surface area is 143 Å². The van der Waals surface area contributed by atoms with Gasteiger partial charge in [-0.2, -0.15) is 13.2 Å². The topological polar surface area (TPSA) is 65.1 Å². The number of esters is 1. The number of alkyl halides is 3. The van der Waals surface area contributed by atoms with Gasteiger partial charge in [-0.1, -0.05) is 6.07 Å². The number of methoxy groups -OCH3 is 1. The van der Waals surface area contributed by atoms with E-state index in [2.05, 4.69) is 4.74 Å². The lowest BCUT2D eigenvalue weighted by Gasteiger charge is -2.23. The summed E-state index contributed by atoms with van der Waals surface area (Å²) in [5.74, 6) is -1.36. The number of ether oxygens (including phenoxy) is 3. The second-order valence-corrected chi connectivity index (χ2v) is 5.11. The van der Waals surface area contributed by atoms with E-state index in [4.69, 9.17) is 9.47 Å². The average molecular weight is 363 g/mol. The molecule has 0 N–H and O–H groups in total. The van der Waals surface area contributed by atoms with Crippen LogP contribution in [0.1, 0.15) is 12.5 Å². The Bertz CT molecular complexity index is 604. The summed E-state index contributed by atoms with van der Waals surface area (Å²) in [4.78, 5) is 23.8. The third-order valence-electron chi connectivity index (χ3n) is 3.02. The molecule has 0 aliphatic heterocycles. The molecular weight excluding hydrogens is 343 g/mol. The van der Waals surface area contributed by atoms with Gasteiger partial charge >= 0.3 is 12.1 Å². The van der Waals surface area contributed by atoms with Crippen molar-refractivity contribution >= 4 is 11.9 Å². The highest BCUT2D eigenvalue weighted by molar-refractivity contribution is 5.83. The molecule has 1 aromatic rings. The molecule has 6 nitrogen and oxygen atoms in total. The highest BCUT2D eigenvalue weighted by Gasteiger charge is 2.34. The molecule has 0 spiro atoms. The molecular formula is C16H20F3NO5. The normalized spacial score (nSPS) is 11.0. The summed E-state index contributed by atoms with van der Waals surface area (Å²) >= 11 is 0. The summed E-state index contributed by atoms with van der Waals surface area (Å²) in [6.07, 6.45) is -4.65. The third-order valence-corrected chi connectivity index (χ3v) is 3.02. The third kappa shape index (κ3) is 7.32. The van der Waals surface area contributed by atoms with Crippen LogP contribution in [0.3, 0.4) is 0 Å². The van der Waals surface area contributed by atoms with Gasteiger partial charge in [0.05, 0.1) is 13.7 Å². The van der Waals surface area contributed by atoms with Gasteiger partial charge in [0.25, 0.3) is 5.91 Å². The first-order valence-corrected chi connectivity index (χ1v) is 7.44. The number of aryl methyl sites for hydroxylation is 1. The fraction of sp³-hybridized carbons (Fsp3) is 0.500. The van der Waals surface area contributed by atoms with E-state index >= 15 is 0 Å². The predicted octanol–water partition coefficient (Wildman–Crippen LogP) is 2.34. The van der Waals surface area contributed by atoms with Gasteiger partial charge in [-0.3, -0.25) is 9.59 Å². The van der Waals surface area contributed by atoms with Gasteiger partial charge in [0.2, 0.25) is 0 Å². The van der Waals surface area contributed by atoms with E-state index in [0.717, 1.165) is 5.56 Å². The fourth-order valence-electron chi connectivity index (χ4n) is 1.94. The van der Waals surface area contributed by atoms with Crippen LogP contribution in [0.2, 0.25) is 0 Å². The zero-order valence-corrected chi connectivity index (χ0v) is 14.2. The summed E-state index contributed by atoms with van der Waals surface area (Å²) < 4.78 is 52.8. The molecule has 1 aromatic carbocycles. The number of benzene rings is 1. The van der Waals surface area contributed by atoms with Crippen molar-refractivity contribution in [2.75, 3.05) is 33.4 Å². The maximum Gasteiger partial charge on any atom is 0.406 e. The molecule has 0 saturated carbocycles. The second kappa shape index (κ2) is 9.14. The number of hydrogen-bond acceptors (Lipinski definition) is 5. The van der Waals surface area contributed by atoms with Gasteiger partial charge in [-0.25, -0.2) is 0 Å². The van der Waals surface area contributed by atoms with Crippen LogP contribution in [0.15, 0.2) is 18.2 Å². The number of carbonyl (C=O) groups is 2. The monoisotopic (exact) mass is 363 g/mol. The first-order chi connectivity index (χ1) is 11.7. The molecule has 25 heavy (non-hydrogen) atoms. The molecule has 0 atom stereocenters. The molecule has 0 aliphatic carbocycles. The second-order valence-electron chi connectivity index (χ2n) is 5.11. The number of nitrogens with zero attached hydrogens (tertiary/aromatic N) is 1. The molecule has 0 aliphatic rings. The summed E-state index contributed by atoms with van der Waals surface area (Å²) in [7, 11) is 1.40. The predicted molar refractivity (Wildman–Crippen MR) is 82.5 cm³/mol. The zero-order valence-electron chi connectivity index (χ0n) is 14.2. The minimum atomic E-state index is -4.65. The molecule has 1 rings (SSSR count). The van der Waals surface area contributed by atoms with Gasteiger partial charge < -0.3 is 19.1 Å². The van der Waals surface area contributed by atoms with Gasteiger partial charge in [-0.15, -0.1) is 0 Å². The molecule has 0 radical (unpaired) electrons. The van der Waals surface area contributed by atoms with Crippen molar-refractivity contribution in [3.05, 3.63) is 23.8 Å². The van der Waals surface area contributed by atoms with E-state index in [9.17, 15) is 22.8 Å². The Kier molecular flexibility index (Phi) is 7.53. The van der Waals surface area contributed by atoms with Gasteiger partial charge in [0.1, 0.15) is 13.1 Å². The SMILES string of the molecule is CCOC(=O)CN(CC(F)(F)F)C(=O)COc1ccc(C)cc1OC. The zero-order chi connectivity index (χ0) is 19.0. The molecule has 0 saturated heterocycles. The number of halogens is 3. The maximum absolute atomic E-state index is 12.6. The molecule has 140 valence electrons. The van der Waals surface area contributed by atoms with Gasteiger partial charge in [0, 0.05) is 0 Å². The Hall–Kier alpha value is -2.45. The van der Waals surface area contributed by atoms with E-state index in [1.54, 1.807) is 18.2 Å². The molecule has 0 bridgehead atoms. The van der Waals surface area contributed by atoms with Crippen molar-refractivity contribution in [1.82, 2.24) is 4.90 Å². The molecule has 0 unspecified atom stereocenters. The van der Waals surface area contributed by atoms with Crippen LogP contribution in [0.25, 0.3) is 0 Å². The van der Waals surface area contributed by atoms with Crippen LogP contribution in [0, 0.1) is 6.92 Å². The van der Waals surface area contributed by atoms with Crippen LogP contribution < -0.4 is 9.47 Å². The average Bonchev–Trinajstić information content (AvgIpc) is 2.51. The Balaban J connectivity index is 2.78. The van der Waals surface area contributed by atoms with Crippen molar-refractivity contribution in [2.45, 2.75) is 20.0 Å². The lowest BCUT2D eigenvalue weighted by atomic mass is 10.2. The van der Waals surface area contributed by atoms with Crippen molar-refractivity contribution in [3.8, 4) is 11.5 Å². The van der Waals surface area contributed by atoms with Crippen LogP contribution in [-0.2, 0) is 14.3 Å². The van der Waals surface area contributed by atoms with Crippen LogP contribution in [-0.4, -0.2) is 56.4 Å². The van der Waals surface area contributed by atoms with Crippen molar-refractivity contribution < 1.29 is 37.0 Å². The lowest BCUT2D eigenvalue weighted by molar-refractivity contribution is -0.168. The van der Waals surface area contributed by atoms with Crippen LogP contribution >= 0.6 is 0 Å². The van der Waals surface area contributed by atoms with Crippen molar-refractivity contribution in [2.24, 2.45) is 0 Å². The Morgan fingerprint density at radius 1 is 1.20 bits per heavy atom. The van der Waals surface area contributed by atoms with Gasteiger partial charge in [-0.05, 0) is 31.5 Å². The van der Waals surface area contributed by atoms with Gasteiger partial charge in [0.15, 0.2) is 18.1 Å². The maximum atomic E-state index is 12.6. The number of carbonyl (C=O) groups excluding carboxylic acids is 2. The molecule has 1 amide bonds. The minimum absolute atomic E-state index is 0.00392. The first kappa shape index (κ1) is 20.6. The first-order valence-electron chi connectivity index (χ1n) is 7.44. The van der Waals surface area contributed by atoms with Crippen molar-refractivity contribution in [3.63, 3.8) is 0 Å². The highest BCUT2D eigenvalue weighted by atomic mass is 19.4. The smallest absolute Gasteiger partial charge is 0.406 e. The van der Waals surface area contributed by atoms with E-state index in [-0.39, 0.29) is 12.4 Å². The van der Waals surface area contributed by atoms with Crippen LogP contribution in [0.4, 0.5) is 13.2 Å². The summed E-state index contributed by atoms with van der Waals surface area (Å²) in [6, 6.07) is 4.90. The lowest BCUT2D eigenvalue weighted by Crippen LogP contribution is -2.44. The number of amides is 1. The van der Waals surface area contributed by atoms with E-state index in [1.165, 1.54) is 14.0 Å². The summed E-state index contributed by atoms with van der Waals surface area (Å²) in [6.45, 7) is 0.293. The molecule has 9 heteroatoms. The Morgan fingerprint density at radius 2 is 1.88 bits per heavy atom. The number of rotatable bonds is 8. The molecule has 0 fully saturated rings. The van der Waals surface area contributed by atoms with E-state index in [1.807, 2.05) is 6.92 Å². The Morgan fingerprint density at radius 3 is 2.44 bits per heavy atom. The quantitative estimate of drug-likeness (QED) is 0.664. The van der Waals surface area contributed by atoms with E-state index in [0.29, 0.717) is 10.6 Å². The number of hydrogen-bond donors (Lipinski definition) is 0. The van der Waals surface area contributed by atoms with Crippen molar-refractivity contribution in [1.29, 1.82) is 0 Å². The highest BCUT2D eigenvalue weighted by Crippen LogP contribution is 2.27. The fourth-order valence-corrected chi connectivity index (χ4v) is 1.94. The molecule has 0 aromatic heterocycles. The van der Waals surface area contributed by atoms with Crippen LogP contribution in [0.5, 0.6) is 11.5 Å². The largest absolute Gasteiger partial charge is 0.493 e. The summed E-state index contributed by atoms with van der Waals surface area (Å²) in [5.41, 5.74) is 0.886. The summed E-state index contributed by atoms with van der Waals surface area (Å²) in [5, 5.41) is 0. The minimum Gasteiger partial charge on any atom is -0.493 e. The standard InChI is InChI=1S/C16H20F3NO5/c1-4-24-15(22)8-20(10-16(17,18)19)14(21)9-25-12-6-5-11(2)7-13(12)23-3/h5-7H,4,8-10H2,1-3H3. The molecule has 0 heterocycles.